The normalized spacial score (nSPS) is 11.2. The number of hydrogen-bond acceptors (Lipinski definition) is 3. The number of fused-ring (bicyclic) bond motifs is 1. The molecule has 0 aliphatic carbocycles. The van der Waals surface area contributed by atoms with E-state index in [0.29, 0.717) is 22.9 Å². The molecule has 0 fully saturated rings. The van der Waals surface area contributed by atoms with Crippen LogP contribution in [-0.4, -0.2) is 19.7 Å². The van der Waals surface area contributed by atoms with Gasteiger partial charge in [0.25, 0.3) is 0 Å². The van der Waals surface area contributed by atoms with Crippen molar-refractivity contribution in [2.75, 3.05) is 5.73 Å². The summed E-state index contributed by atoms with van der Waals surface area (Å²) in [5, 5.41) is 6.59. The zero-order valence-electron chi connectivity index (χ0n) is 9.11. The third-order valence-electron chi connectivity index (χ3n) is 2.70. The van der Waals surface area contributed by atoms with Gasteiger partial charge in [0.05, 0.1) is 5.52 Å². The molecule has 0 spiro atoms. The van der Waals surface area contributed by atoms with Crippen molar-refractivity contribution in [1.82, 2.24) is 19.7 Å². The highest BCUT2D eigenvalue weighted by molar-refractivity contribution is 5.80. The Kier molecular flexibility index (Phi) is 1.91. The molecule has 5 nitrogen and oxygen atoms in total. The summed E-state index contributed by atoms with van der Waals surface area (Å²) < 4.78 is 15.4. The Labute approximate surface area is 96.1 Å². The zero-order valence-corrected chi connectivity index (χ0v) is 9.11. The predicted octanol–water partition coefficient (Wildman–Crippen LogP) is 1.68. The number of nitrogens with one attached hydrogen (secondary N) is 1. The number of hydrogen-bond donors (Lipinski definition) is 2. The molecule has 0 amide bonds. The summed E-state index contributed by atoms with van der Waals surface area (Å²) in [6.45, 7) is 0. The Morgan fingerprint density at radius 1 is 1.41 bits per heavy atom. The summed E-state index contributed by atoms with van der Waals surface area (Å²) in [5.41, 5.74) is 7.28. The fourth-order valence-electron chi connectivity index (χ4n) is 1.87. The van der Waals surface area contributed by atoms with Gasteiger partial charge in [-0.1, -0.05) is 6.07 Å². The van der Waals surface area contributed by atoms with Crippen LogP contribution >= 0.6 is 0 Å². The average molecular weight is 231 g/mol. The van der Waals surface area contributed by atoms with E-state index in [2.05, 4.69) is 15.2 Å². The van der Waals surface area contributed by atoms with E-state index >= 15 is 0 Å². The first-order valence-electron chi connectivity index (χ1n) is 5.09. The summed E-state index contributed by atoms with van der Waals surface area (Å²) in [7, 11) is 1.82. The van der Waals surface area contributed by atoms with Gasteiger partial charge in [-0.25, -0.2) is 9.37 Å². The summed E-state index contributed by atoms with van der Waals surface area (Å²) >= 11 is 0. The molecular formula is C11H10FN5. The number of imidazole rings is 1. The molecule has 3 aromatic rings. The third kappa shape index (κ3) is 1.37. The molecule has 17 heavy (non-hydrogen) atoms. The lowest BCUT2D eigenvalue weighted by molar-refractivity contribution is 0.637. The number of H-pyrrole nitrogens is 1. The van der Waals surface area contributed by atoms with E-state index in [0.717, 1.165) is 5.52 Å². The second-order valence-corrected chi connectivity index (χ2v) is 3.81. The molecule has 0 saturated carbocycles. The zero-order chi connectivity index (χ0) is 12.0. The first-order chi connectivity index (χ1) is 8.16. The van der Waals surface area contributed by atoms with Crippen LogP contribution < -0.4 is 5.73 Å². The van der Waals surface area contributed by atoms with E-state index in [1.54, 1.807) is 16.7 Å². The summed E-state index contributed by atoms with van der Waals surface area (Å²) in [6.07, 6.45) is 0. The number of benzene rings is 1. The van der Waals surface area contributed by atoms with Gasteiger partial charge in [-0.05, 0) is 12.1 Å². The maximum Gasteiger partial charge on any atom is 0.159 e. The standard InChI is InChI=1S/C11H10FN5/c1-17-8-4-2-3-6(12)10(8)14-11(17)7-5-9(13)16-15-7/h2-5H,1H3,(H3,13,15,16). The number of aromatic amines is 1. The van der Waals surface area contributed by atoms with E-state index in [-0.39, 0.29) is 5.82 Å². The Morgan fingerprint density at radius 2 is 2.24 bits per heavy atom. The second kappa shape index (κ2) is 3.31. The molecular weight excluding hydrogens is 221 g/mol. The maximum absolute atomic E-state index is 13.6. The Bertz CT molecular complexity index is 697. The van der Waals surface area contributed by atoms with E-state index in [4.69, 9.17) is 5.73 Å². The van der Waals surface area contributed by atoms with Gasteiger partial charge in [-0.15, -0.1) is 0 Å². The van der Waals surface area contributed by atoms with Gasteiger partial charge in [-0.2, -0.15) is 5.10 Å². The molecule has 1 aromatic carbocycles. The Hall–Kier alpha value is -2.37. The monoisotopic (exact) mass is 231 g/mol. The number of para-hydroxylation sites is 1. The molecule has 2 aromatic heterocycles. The molecule has 3 N–H and O–H groups in total. The van der Waals surface area contributed by atoms with Crippen molar-refractivity contribution in [3.63, 3.8) is 0 Å². The predicted molar refractivity (Wildman–Crippen MR) is 62.7 cm³/mol. The number of anilines is 1. The van der Waals surface area contributed by atoms with E-state index in [1.807, 2.05) is 13.1 Å². The smallest absolute Gasteiger partial charge is 0.159 e. The van der Waals surface area contributed by atoms with Gasteiger partial charge >= 0.3 is 0 Å². The highest BCUT2D eigenvalue weighted by atomic mass is 19.1. The van der Waals surface area contributed by atoms with E-state index < -0.39 is 0 Å². The van der Waals surface area contributed by atoms with Gasteiger partial charge in [0, 0.05) is 13.1 Å². The number of rotatable bonds is 1. The fourth-order valence-corrected chi connectivity index (χ4v) is 1.87. The number of nitrogen functional groups attached to an aromatic ring is 1. The van der Waals surface area contributed by atoms with Crippen LogP contribution in [0, 0.1) is 5.82 Å². The SMILES string of the molecule is Cn1c(-c2cc(N)n[nH]2)nc2c(F)cccc21. The largest absolute Gasteiger partial charge is 0.382 e. The van der Waals surface area contributed by atoms with Crippen LogP contribution in [0.1, 0.15) is 0 Å². The van der Waals surface area contributed by atoms with Crippen molar-refractivity contribution in [3.05, 3.63) is 30.1 Å². The first-order valence-corrected chi connectivity index (χ1v) is 5.09. The minimum atomic E-state index is -0.336. The van der Waals surface area contributed by atoms with Crippen LogP contribution in [0.3, 0.4) is 0 Å². The first kappa shape index (κ1) is 9.83. The molecule has 2 heterocycles. The van der Waals surface area contributed by atoms with Crippen molar-refractivity contribution in [2.24, 2.45) is 7.05 Å². The highest BCUT2D eigenvalue weighted by Gasteiger charge is 2.13. The van der Waals surface area contributed by atoms with Crippen LogP contribution in [0.5, 0.6) is 0 Å². The Balaban J connectivity index is 2.31. The van der Waals surface area contributed by atoms with E-state index in [9.17, 15) is 4.39 Å². The van der Waals surface area contributed by atoms with E-state index in [1.165, 1.54) is 6.07 Å². The highest BCUT2D eigenvalue weighted by Crippen LogP contribution is 2.24. The number of nitrogens with two attached hydrogens (primary N) is 1. The molecule has 0 unspecified atom stereocenters. The van der Waals surface area contributed by atoms with Gasteiger partial charge < -0.3 is 10.3 Å². The average Bonchev–Trinajstić information content (AvgIpc) is 2.85. The van der Waals surface area contributed by atoms with Crippen LogP contribution in [0.25, 0.3) is 22.6 Å². The Morgan fingerprint density at radius 3 is 2.88 bits per heavy atom. The quantitative estimate of drug-likeness (QED) is 0.669. The molecule has 0 atom stereocenters. The van der Waals surface area contributed by atoms with Crippen molar-refractivity contribution in [2.45, 2.75) is 0 Å². The second-order valence-electron chi connectivity index (χ2n) is 3.81. The van der Waals surface area contributed by atoms with Crippen molar-refractivity contribution in [1.29, 1.82) is 0 Å². The lowest BCUT2D eigenvalue weighted by Gasteiger charge is -1.98. The number of aromatic nitrogens is 4. The fraction of sp³-hybridized carbons (Fsp3) is 0.0909. The molecule has 86 valence electrons. The number of nitrogens with zero attached hydrogens (tertiary/aromatic N) is 3. The molecule has 0 aliphatic heterocycles. The van der Waals surface area contributed by atoms with Crippen molar-refractivity contribution in [3.8, 4) is 11.5 Å². The van der Waals surface area contributed by atoms with Gasteiger partial charge in [0.15, 0.2) is 11.6 Å². The van der Waals surface area contributed by atoms with Gasteiger partial charge in [0.1, 0.15) is 17.0 Å². The third-order valence-corrected chi connectivity index (χ3v) is 2.70. The van der Waals surface area contributed by atoms with Crippen LogP contribution in [0.15, 0.2) is 24.3 Å². The minimum Gasteiger partial charge on any atom is -0.382 e. The van der Waals surface area contributed by atoms with Crippen LogP contribution in [-0.2, 0) is 7.05 Å². The molecule has 6 heteroatoms. The van der Waals surface area contributed by atoms with Crippen LogP contribution in [0.2, 0.25) is 0 Å². The summed E-state index contributed by atoms with van der Waals surface area (Å²) in [6, 6.07) is 6.53. The van der Waals surface area contributed by atoms with Gasteiger partial charge in [-0.3, -0.25) is 5.10 Å². The summed E-state index contributed by atoms with van der Waals surface area (Å²) in [5.74, 6) is 0.652. The van der Waals surface area contributed by atoms with Gasteiger partial charge in [0.2, 0.25) is 0 Å². The number of aryl methyl sites for hydroxylation is 1. The molecule has 0 bridgehead atoms. The molecule has 0 saturated heterocycles. The van der Waals surface area contributed by atoms with Crippen LogP contribution in [0.4, 0.5) is 10.2 Å². The molecule has 0 aliphatic rings. The summed E-state index contributed by atoms with van der Waals surface area (Å²) in [4.78, 5) is 4.26. The molecule has 0 radical (unpaired) electrons. The molecule has 3 rings (SSSR count). The lowest BCUT2D eigenvalue weighted by atomic mass is 10.3. The lowest BCUT2D eigenvalue weighted by Crippen LogP contribution is -1.92. The number of halogens is 1. The van der Waals surface area contributed by atoms with Crippen molar-refractivity contribution >= 4 is 16.9 Å². The minimum absolute atomic E-state index is 0.336. The van der Waals surface area contributed by atoms with Crippen molar-refractivity contribution < 1.29 is 4.39 Å². The maximum atomic E-state index is 13.6. The topological polar surface area (TPSA) is 72.5 Å².